The largest absolute Gasteiger partial charge is 0.444 e. The van der Waals surface area contributed by atoms with E-state index in [0.717, 1.165) is 34.5 Å². The van der Waals surface area contributed by atoms with Crippen LogP contribution >= 0.6 is 22.9 Å². The number of aryl methyl sites for hydroxylation is 2. The van der Waals surface area contributed by atoms with E-state index in [2.05, 4.69) is 9.36 Å². The van der Waals surface area contributed by atoms with Crippen LogP contribution < -0.4 is 10.5 Å². The van der Waals surface area contributed by atoms with Crippen LogP contribution in [-0.2, 0) is 12.8 Å². The van der Waals surface area contributed by atoms with Gasteiger partial charge in [0.05, 0.1) is 21.5 Å². The van der Waals surface area contributed by atoms with Crippen LogP contribution in [0.15, 0.2) is 24.5 Å². The van der Waals surface area contributed by atoms with Crippen molar-refractivity contribution < 1.29 is 9.53 Å². The molecule has 1 aliphatic rings. The van der Waals surface area contributed by atoms with Gasteiger partial charge in [-0.15, -0.1) is 0 Å². The third kappa shape index (κ3) is 2.42. The number of pyridine rings is 1. The van der Waals surface area contributed by atoms with Crippen LogP contribution in [0, 0.1) is 6.92 Å². The van der Waals surface area contributed by atoms with Gasteiger partial charge in [-0.3, -0.25) is 9.78 Å². The van der Waals surface area contributed by atoms with Gasteiger partial charge in [-0.1, -0.05) is 11.3 Å². The highest BCUT2D eigenvalue weighted by atomic mass is 32.1. The molecule has 0 aromatic carbocycles. The number of nitrogens with zero attached hydrogens (tertiary/aromatic N) is 2. The number of primary amides is 1. The molecular formula is C16H13N3O2S2. The van der Waals surface area contributed by atoms with E-state index in [4.69, 9.17) is 10.5 Å². The summed E-state index contributed by atoms with van der Waals surface area (Å²) in [7, 11) is 0. The fraction of sp³-hybridized carbons (Fsp3) is 0.188. The molecule has 116 valence electrons. The van der Waals surface area contributed by atoms with E-state index in [-0.39, 0.29) is 0 Å². The normalized spacial score (nSPS) is 12.6. The first-order valence-corrected chi connectivity index (χ1v) is 8.72. The molecule has 5 nitrogen and oxygen atoms in total. The number of carbonyl (C=O) groups is 1. The number of carbonyl (C=O) groups excluding carboxylic acids is 1. The van der Waals surface area contributed by atoms with Crippen molar-refractivity contribution in [1.29, 1.82) is 0 Å². The van der Waals surface area contributed by atoms with Crippen LogP contribution in [0.1, 0.15) is 26.5 Å². The first-order chi connectivity index (χ1) is 11.1. The third-order valence-electron chi connectivity index (χ3n) is 3.81. The molecule has 2 N–H and O–H groups in total. The van der Waals surface area contributed by atoms with Gasteiger partial charge < -0.3 is 10.5 Å². The fourth-order valence-electron chi connectivity index (χ4n) is 2.71. The van der Waals surface area contributed by atoms with Gasteiger partial charge in [0.15, 0.2) is 5.06 Å². The van der Waals surface area contributed by atoms with Gasteiger partial charge in [0.1, 0.15) is 5.75 Å². The second-order valence-corrected chi connectivity index (χ2v) is 7.14. The van der Waals surface area contributed by atoms with Crippen molar-refractivity contribution in [2.24, 2.45) is 5.73 Å². The van der Waals surface area contributed by atoms with E-state index >= 15 is 0 Å². The molecule has 3 aromatic rings. The zero-order valence-corrected chi connectivity index (χ0v) is 14.0. The summed E-state index contributed by atoms with van der Waals surface area (Å²) in [6, 6.07) is 3.76. The van der Waals surface area contributed by atoms with Gasteiger partial charge in [-0.25, -0.2) is 4.37 Å². The Morgan fingerprint density at radius 2 is 2.17 bits per heavy atom. The highest BCUT2D eigenvalue weighted by Crippen LogP contribution is 2.49. The lowest BCUT2D eigenvalue weighted by Crippen LogP contribution is -2.12. The van der Waals surface area contributed by atoms with Crippen LogP contribution in [0.3, 0.4) is 0 Å². The molecule has 0 unspecified atom stereocenters. The van der Waals surface area contributed by atoms with Crippen molar-refractivity contribution in [2.45, 2.75) is 19.8 Å². The fourth-order valence-corrected chi connectivity index (χ4v) is 4.71. The predicted octanol–water partition coefficient (Wildman–Crippen LogP) is 3.56. The topological polar surface area (TPSA) is 78.1 Å². The lowest BCUT2D eigenvalue weighted by molar-refractivity contribution is 0.100. The summed E-state index contributed by atoms with van der Waals surface area (Å²) in [4.78, 5) is 17.7. The second-order valence-electron chi connectivity index (χ2n) is 5.35. The average molecular weight is 343 g/mol. The summed E-state index contributed by atoms with van der Waals surface area (Å²) >= 11 is 2.73. The maximum atomic E-state index is 11.8. The van der Waals surface area contributed by atoms with Crippen LogP contribution in [-0.4, -0.2) is 15.3 Å². The Balaban J connectivity index is 1.84. The van der Waals surface area contributed by atoms with Gasteiger partial charge in [0.2, 0.25) is 0 Å². The van der Waals surface area contributed by atoms with E-state index in [1.807, 2.05) is 25.3 Å². The molecule has 0 atom stereocenters. The number of nitrogens with two attached hydrogens (primary N) is 1. The number of hydrogen-bond acceptors (Lipinski definition) is 6. The van der Waals surface area contributed by atoms with E-state index in [1.54, 1.807) is 6.20 Å². The van der Waals surface area contributed by atoms with E-state index in [0.29, 0.717) is 15.7 Å². The number of thiophene rings is 1. The minimum Gasteiger partial charge on any atom is -0.444 e. The zero-order chi connectivity index (χ0) is 16.0. The number of aromatic nitrogens is 2. The van der Waals surface area contributed by atoms with E-state index < -0.39 is 5.91 Å². The summed E-state index contributed by atoms with van der Waals surface area (Å²) in [6.45, 7) is 1.92. The Labute approximate surface area is 140 Å². The minimum atomic E-state index is -0.406. The molecule has 23 heavy (non-hydrogen) atoms. The molecule has 0 saturated carbocycles. The number of fused-ring (bicyclic) bond motifs is 3. The summed E-state index contributed by atoms with van der Waals surface area (Å²) in [6.07, 6.45) is 5.23. The SMILES string of the molecule is Cc1ccc(Oc2sc(C(N)=O)c3c2-c2sncc2CC3)cn1. The van der Waals surface area contributed by atoms with Gasteiger partial charge in [-0.2, -0.15) is 0 Å². The maximum Gasteiger partial charge on any atom is 0.259 e. The monoisotopic (exact) mass is 343 g/mol. The molecule has 0 radical (unpaired) electrons. The van der Waals surface area contributed by atoms with Crippen LogP contribution in [0.2, 0.25) is 0 Å². The van der Waals surface area contributed by atoms with Gasteiger partial charge >= 0.3 is 0 Å². The van der Waals surface area contributed by atoms with Crippen LogP contribution in [0.5, 0.6) is 10.8 Å². The molecule has 3 aromatic heterocycles. The van der Waals surface area contributed by atoms with Crippen LogP contribution in [0.25, 0.3) is 10.4 Å². The summed E-state index contributed by atoms with van der Waals surface area (Å²) < 4.78 is 10.3. The Hall–Kier alpha value is -2.25. The van der Waals surface area contributed by atoms with Gasteiger partial charge in [-0.05, 0) is 54.6 Å². The Kier molecular flexibility index (Phi) is 3.39. The van der Waals surface area contributed by atoms with Crippen molar-refractivity contribution in [1.82, 2.24) is 9.36 Å². The maximum absolute atomic E-state index is 11.8. The molecule has 3 heterocycles. The number of ether oxygens (including phenoxy) is 1. The molecule has 0 saturated heterocycles. The highest BCUT2D eigenvalue weighted by Gasteiger charge is 2.29. The quantitative estimate of drug-likeness (QED) is 0.788. The summed E-state index contributed by atoms with van der Waals surface area (Å²) in [5.74, 6) is 0.239. The Morgan fingerprint density at radius 1 is 1.30 bits per heavy atom. The summed E-state index contributed by atoms with van der Waals surface area (Å²) in [5, 5.41) is 0.685. The van der Waals surface area contributed by atoms with Crippen LogP contribution in [0.4, 0.5) is 0 Å². The van der Waals surface area contributed by atoms with Crippen molar-refractivity contribution >= 4 is 28.8 Å². The molecular weight excluding hydrogens is 330 g/mol. The van der Waals surface area contributed by atoms with E-state index in [1.165, 1.54) is 28.4 Å². The standard InChI is InChI=1S/C16H13N3O2S2/c1-8-2-4-10(7-18-8)21-16-12-11(14(22-16)15(17)20)5-3-9-6-19-23-13(9)12/h2,4,6-7H,3,5H2,1H3,(H2,17,20). The molecule has 1 amide bonds. The molecule has 0 aliphatic heterocycles. The number of rotatable bonds is 3. The molecule has 0 fully saturated rings. The van der Waals surface area contributed by atoms with Crippen molar-refractivity contribution in [3.63, 3.8) is 0 Å². The average Bonchev–Trinajstić information content (AvgIpc) is 3.13. The summed E-state index contributed by atoms with van der Waals surface area (Å²) in [5.41, 5.74) is 9.62. The molecule has 0 spiro atoms. The molecule has 0 bridgehead atoms. The Bertz CT molecular complexity index is 897. The smallest absolute Gasteiger partial charge is 0.259 e. The third-order valence-corrected chi connectivity index (χ3v) is 5.79. The van der Waals surface area contributed by atoms with Gasteiger partial charge in [0.25, 0.3) is 5.91 Å². The lowest BCUT2D eigenvalue weighted by atomic mass is 9.93. The Morgan fingerprint density at radius 3 is 2.91 bits per heavy atom. The molecule has 1 aliphatic carbocycles. The lowest BCUT2D eigenvalue weighted by Gasteiger charge is -2.13. The minimum absolute atomic E-state index is 0.406. The zero-order valence-electron chi connectivity index (χ0n) is 12.3. The van der Waals surface area contributed by atoms with Crippen molar-refractivity contribution in [3.05, 3.63) is 46.2 Å². The number of amides is 1. The number of hydrogen-bond donors (Lipinski definition) is 1. The second kappa shape index (κ2) is 5.43. The highest BCUT2D eigenvalue weighted by molar-refractivity contribution is 7.17. The predicted molar refractivity (Wildman–Crippen MR) is 90.4 cm³/mol. The first-order valence-electron chi connectivity index (χ1n) is 7.13. The van der Waals surface area contributed by atoms with Crippen molar-refractivity contribution in [2.75, 3.05) is 0 Å². The first kappa shape index (κ1) is 14.3. The molecule has 7 heteroatoms. The molecule has 4 rings (SSSR count). The van der Waals surface area contributed by atoms with E-state index in [9.17, 15) is 4.79 Å². The van der Waals surface area contributed by atoms with Gasteiger partial charge in [0, 0.05) is 11.9 Å². The van der Waals surface area contributed by atoms with Crippen molar-refractivity contribution in [3.8, 4) is 21.3 Å².